The highest BCUT2D eigenvalue weighted by molar-refractivity contribution is 5.21. The fourth-order valence-corrected chi connectivity index (χ4v) is 2.58. The molecule has 1 saturated carbocycles. The molecule has 0 radical (unpaired) electrons. The van der Waals surface area contributed by atoms with Gasteiger partial charge in [-0.15, -0.1) is 0 Å². The van der Waals surface area contributed by atoms with E-state index in [1.165, 1.54) is 6.42 Å². The monoisotopic (exact) mass is 168 g/mol. The van der Waals surface area contributed by atoms with Crippen LogP contribution in [0.5, 0.6) is 0 Å². The smallest absolute Gasteiger partial charge is 0.0939 e. The first-order chi connectivity index (χ1) is 5.60. The predicted octanol–water partition coefficient (Wildman–Crippen LogP) is 1.09. The molecule has 2 aliphatic carbocycles. The van der Waals surface area contributed by atoms with Crippen LogP contribution in [0.1, 0.15) is 26.2 Å². The zero-order valence-corrected chi connectivity index (χ0v) is 7.45. The molecule has 2 bridgehead atoms. The van der Waals surface area contributed by atoms with Crippen LogP contribution in [0.2, 0.25) is 0 Å². The van der Waals surface area contributed by atoms with Gasteiger partial charge in [-0.25, -0.2) is 0 Å². The molecule has 0 aromatic carbocycles. The molecule has 2 rings (SSSR count). The summed E-state index contributed by atoms with van der Waals surface area (Å²) < 4.78 is 0. The minimum absolute atomic E-state index is 0.119. The van der Waals surface area contributed by atoms with Crippen LogP contribution in [0, 0.1) is 11.3 Å². The lowest BCUT2D eigenvalue weighted by molar-refractivity contribution is -0.0777. The normalized spacial score (nSPS) is 43.4. The van der Waals surface area contributed by atoms with Gasteiger partial charge in [0.2, 0.25) is 0 Å². The van der Waals surface area contributed by atoms with E-state index in [0.29, 0.717) is 5.92 Å². The Bertz CT molecular complexity index is 220. The maximum absolute atomic E-state index is 10.00. The van der Waals surface area contributed by atoms with Crippen molar-refractivity contribution in [3.05, 3.63) is 12.2 Å². The maximum atomic E-state index is 10.00. The summed E-state index contributed by atoms with van der Waals surface area (Å²) in [6.07, 6.45) is 7.53. The molecule has 3 unspecified atom stereocenters. The fourth-order valence-electron chi connectivity index (χ4n) is 2.58. The molecule has 2 heteroatoms. The molecule has 68 valence electrons. The van der Waals surface area contributed by atoms with Crippen LogP contribution in [-0.4, -0.2) is 22.4 Å². The van der Waals surface area contributed by atoms with Gasteiger partial charge in [0, 0.05) is 5.41 Å². The molecule has 2 aliphatic rings. The van der Waals surface area contributed by atoms with Crippen molar-refractivity contribution in [1.82, 2.24) is 0 Å². The summed E-state index contributed by atoms with van der Waals surface area (Å²) >= 11 is 0. The van der Waals surface area contributed by atoms with Crippen molar-refractivity contribution in [2.45, 2.75) is 31.8 Å². The molecule has 2 N–H and O–H groups in total. The maximum Gasteiger partial charge on any atom is 0.0939 e. The van der Waals surface area contributed by atoms with Crippen molar-refractivity contribution in [2.24, 2.45) is 11.3 Å². The number of aliphatic hydroxyl groups excluding tert-OH is 1. The van der Waals surface area contributed by atoms with E-state index in [1.54, 1.807) is 6.92 Å². The first kappa shape index (κ1) is 8.27. The van der Waals surface area contributed by atoms with Gasteiger partial charge in [-0.1, -0.05) is 12.2 Å². The molecule has 2 nitrogen and oxygen atoms in total. The largest absolute Gasteiger partial charge is 0.393 e. The summed E-state index contributed by atoms with van der Waals surface area (Å²) in [6.45, 7) is 1.61. The second kappa shape index (κ2) is 2.33. The molecule has 0 amide bonds. The van der Waals surface area contributed by atoms with Crippen molar-refractivity contribution in [1.29, 1.82) is 0 Å². The van der Waals surface area contributed by atoms with Crippen molar-refractivity contribution in [2.75, 3.05) is 6.61 Å². The fraction of sp³-hybridized carbons (Fsp3) is 0.800. The van der Waals surface area contributed by atoms with E-state index in [4.69, 9.17) is 5.11 Å². The molecular weight excluding hydrogens is 152 g/mol. The van der Waals surface area contributed by atoms with E-state index in [2.05, 4.69) is 12.2 Å². The summed E-state index contributed by atoms with van der Waals surface area (Å²) in [5, 5.41) is 19.1. The van der Waals surface area contributed by atoms with Crippen LogP contribution in [0.4, 0.5) is 0 Å². The van der Waals surface area contributed by atoms with Crippen LogP contribution in [0.15, 0.2) is 12.2 Å². The number of allylic oxidation sites excluding steroid dienone is 1. The molecule has 0 aromatic heterocycles. The van der Waals surface area contributed by atoms with E-state index in [1.807, 2.05) is 0 Å². The van der Waals surface area contributed by atoms with Gasteiger partial charge in [-0.2, -0.15) is 0 Å². The summed E-state index contributed by atoms with van der Waals surface area (Å²) in [4.78, 5) is 0. The number of hydrogen-bond donors (Lipinski definition) is 2. The van der Waals surface area contributed by atoms with Crippen molar-refractivity contribution < 1.29 is 10.2 Å². The highest BCUT2D eigenvalue weighted by Gasteiger charge is 2.51. The van der Waals surface area contributed by atoms with Gasteiger partial charge in [0.25, 0.3) is 0 Å². The third-order valence-corrected chi connectivity index (χ3v) is 3.66. The topological polar surface area (TPSA) is 40.5 Å². The van der Waals surface area contributed by atoms with Gasteiger partial charge in [0.05, 0.1) is 12.2 Å². The van der Waals surface area contributed by atoms with E-state index in [9.17, 15) is 5.11 Å². The zero-order valence-electron chi connectivity index (χ0n) is 7.45. The van der Waals surface area contributed by atoms with Gasteiger partial charge in [-0.05, 0) is 32.1 Å². The van der Waals surface area contributed by atoms with Crippen LogP contribution in [-0.2, 0) is 0 Å². The van der Waals surface area contributed by atoms with Gasteiger partial charge in [0.1, 0.15) is 0 Å². The molecule has 0 saturated heterocycles. The predicted molar refractivity (Wildman–Crippen MR) is 46.6 cm³/mol. The van der Waals surface area contributed by atoms with Gasteiger partial charge in [-0.3, -0.25) is 0 Å². The minimum Gasteiger partial charge on any atom is -0.393 e. The van der Waals surface area contributed by atoms with E-state index < -0.39 is 5.60 Å². The molecular formula is C10H16O2. The summed E-state index contributed by atoms with van der Waals surface area (Å²) in [5.41, 5.74) is -1.04. The zero-order chi connectivity index (χ0) is 8.82. The number of hydrogen-bond acceptors (Lipinski definition) is 2. The van der Waals surface area contributed by atoms with Crippen molar-refractivity contribution in [3.8, 4) is 0 Å². The Hall–Kier alpha value is -0.340. The Morgan fingerprint density at radius 3 is 2.75 bits per heavy atom. The van der Waals surface area contributed by atoms with Crippen LogP contribution in [0.3, 0.4) is 0 Å². The molecule has 0 aromatic rings. The average Bonchev–Trinajstić information content (AvgIpc) is 2.64. The second-order valence-corrected chi connectivity index (χ2v) is 4.45. The molecule has 0 heterocycles. The van der Waals surface area contributed by atoms with Crippen molar-refractivity contribution in [3.63, 3.8) is 0 Å². The van der Waals surface area contributed by atoms with Gasteiger partial charge < -0.3 is 10.2 Å². The number of rotatable bonds is 2. The van der Waals surface area contributed by atoms with E-state index in [0.717, 1.165) is 12.8 Å². The lowest BCUT2D eigenvalue weighted by atomic mass is 9.73. The molecule has 3 atom stereocenters. The minimum atomic E-state index is -0.922. The average molecular weight is 168 g/mol. The molecule has 1 fully saturated rings. The Balaban J connectivity index is 2.27. The lowest BCUT2D eigenvalue weighted by Crippen LogP contribution is -2.45. The van der Waals surface area contributed by atoms with E-state index >= 15 is 0 Å². The quantitative estimate of drug-likeness (QED) is 0.606. The number of aliphatic hydroxyl groups is 2. The Morgan fingerprint density at radius 2 is 2.42 bits per heavy atom. The molecule has 12 heavy (non-hydrogen) atoms. The first-order valence-electron chi connectivity index (χ1n) is 4.62. The third kappa shape index (κ3) is 0.882. The SMILES string of the molecule is CC(O)(CO)C12C=CC(CC1)C2. The van der Waals surface area contributed by atoms with Gasteiger partial charge >= 0.3 is 0 Å². The van der Waals surface area contributed by atoms with Crippen LogP contribution >= 0.6 is 0 Å². The summed E-state index contributed by atoms with van der Waals surface area (Å²) in [7, 11) is 0. The molecule has 0 spiro atoms. The molecule has 0 aliphatic heterocycles. The van der Waals surface area contributed by atoms with Crippen LogP contribution in [0.25, 0.3) is 0 Å². The Labute approximate surface area is 72.9 Å². The lowest BCUT2D eigenvalue weighted by Gasteiger charge is -2.38. The van der Waals surface area contributed by atoms with Crippen LogP contribution < -0.4 is 0 Å². The highest BCUT2D eigenvalue weighted by atomic mass is 16.3. The Kier molecular flexibility index (Phi) is 1.61. The Morgan fingerprint density at radius 1 is 1.67 bits per heavy atom. The van der Waals surface area contributed by atoms with Gasteiger partial charge in [0.15, 0.2) is 0 Å². The number of fused-ring (bicyclic) bond motifs is 2. The van der Waals surface area contributed by atoms with Crippen molar-refractivity contribution >= 4 is 0 Å². The first-order valence-corrected chi connectivity index (χ1v) is 4.62. The third-order valence-electron chi connectivity index (χ3n) is 3.66. The second-order valence-electron chi connectivity index (χ2n) is 4.45. The summed E-state index contributed by atoms with van der Waals surface area (Å²) in [5.74, 6) is 0.656. The standard InChI is InChI=1S/C10H16O2/c1-9(12,7-11)10-4-2-8(6-10)3-5-10/h2,4,8,11-12H,3,5-7H2,1H3. The van der Waals surface area contributed by atoms with E-state index in [-0.39, 0.29) is 12.0 Å². The summed E-state index contributed by atoms with van der Waals surface area (Å²) in [6, 6.07) is 0. The highest BCUT2D eigenvalue weighted by Crippen LogP contribution is 2.54.